The van der Waals surface area contributed by atoms with Gasteiger partial charge in [-0.2, -0.15) is 0 Å². The van der Waals surface area contributed by atoms with Crippen LogP contribution < -0.4 is 0 Å². The van der Waals surface area contributed by atoms with Crippen LogP contribution >= 0.6 is 0 Å². The Hall–Kier alpha value is -4.25. The van der Waals surface area contributed by atoms with Crippen molar-refractivity contribution in [3.05, 3.63) is 108 Å². The lowest BCUT2D eigenvalue weighted by atomic mass is 9.96. The van der Waals surface area contributed by atoms with Crippen molar-refractivity contribution < 1.29 is 68.0 Å². The zero-order valence-corrected chi connectivity index (χ0v) is 25.7. The molecule has 2 aliphatic heterocycles. The van der Waals surface area contributed by atoms with Gasteiger partial charge in [0.05, 0.1) is 23.3 Å². The van der Waals surface area contributed by atoms with E-state index in [9.17, 15) is 34.8 Å². The number of rotatable bonds is 11. The zero-order chi connectivity index (χ0) is 34.2. The van der Waals surface area contributed by atoms with Crippen LogP contribution in [0.25, 0.3) is 0 Å². The van der Waals surface area contributed by atoms with Gasteiger partial charge in [0.15, 0.2) is 24.8 Å². The number of carbonyl (C=O) groups excluding carboxylic acids is 3. The second-order valence-corrected chi connectivity index (χ2v) is 11.0. The van der Waals surface area contributed by atoms with E-state index in [1.54, 1.807) is 54.6 Å². The highest BCUT2D eigenvalue weighted by Gasteiger charge is 2.55. The van der Waals surface area contributed by atoms with Crippen LogP contribution in [-0.2, 0) is 33.2 Å². The van der Waals surface area contributed by atoms with Gasteiger partial charge in [0, 0.05) is 7.11 Å². The molecular weight excluding hydrogens is 632 g/mol. The third-order valence-corrected chi connectivity index (χ3v) is 7.86. The van der Waals surface area contributed by atoms with E-state index < -0.39 is 92.5 Å². The van der Waals surface area contributed by atoms with Crippen molar-refractivity contribution in [1.82, 2.24) is 0 Å². The topological polar surface area (TPSA) is 197 Å². The Morgan fingerprint density at radius 2 is 1.08 bits per heavy atom. The maximum atomic E-state index is 13.5. The quantitative estimate of drug-likeness (QED) is 0.166. The molecule has 2 heterocycles. The molecule has 0 radical (unpaired) electrons. The molecule has 2 saturated heterocycles. The van der Waals surface area contributed by atoms with Gasteiger partial charge >= 0.3 is 17.9 Å². The van der Waals surface area contributed by atoms with E-state index in [-0.39, 0.29) is 16.7 Å². The fourth-order valence-electron chi connectivity index (χ4n) is 5.31. The number of ether oxygens (including phenoxy) is 7. The third-order valence-electron chi connectivity index (χ3n) is 7.86. The standard InChI is InChI=1S/C34H36O14/c1-42-34-29(47-32(41)21-15-9-4-10-16-21)28(46-31(40)20-13-7-3-8-14-20)27(48-33-26(38)25(37)24(36)22(17-35)44-33)23(45-34)18-43-30(39)19-11-5-2-6-12-19/h2-16,22-29,33-38H,17-18H2,1H3/t22-,23-,24+,25+,26-,27+,28+,29-,33-,34+/m1/s1. The van der Waals surface area contributed by atoms with E-state index in [1.807, 2.05) is 0 Å². The first-order chi connectivity index (χ1) is 23.2. The SMILES string of the molecule is CO[C@H]1O[C@H](COC(=O)c2ccccc2)[C@H](O[C@H]2O[C@H](CO)[C@H](O)[C@H](O)[C@H]2O)[C@H](OC(=O)c2ccccc2)[C@H]1OC(=O)c1ccccc1. The molecule has 4 N–H and O–H groups in total. The average molecular weight is 669 g/mol. The number of benzene rings is 3. The number of methoxy groups -OCH3 is 1. The summed E-state index contributed by atoms with van der Waals surface area (Å²) in [5.41, 5.74) is 0.514. The summed E-state index contributed by atoms with van der Waals surface area (Å²) < 4.78 is 40.6. The lowest BCUT2D eigenvalue weighted by molar-refractivity contribution is -0.356. The van der Waals surface area contributed by atoms with Crippen molar-refractivity contribution in [2.45, 2.75) is 61.4 Å². The predicted octanol–water partition coefficient (Wildman–Crippen LogP) is 0.851. The van der Waals surface area contributed by atoms with Crippen LogP contribution in [-0.4, -0.2) is 120 Å². The van der Waals surface area contributed by atoms with E-state index in [1.165, 1.54) is 43.5 Å². The normalized spacial score (nSPS) is 30.2. The number of esters is 3. The van der Waals surface area contributed by atoms with Crippen LogP contribution in [0.4, 0.5) is 0 Å². The van der Waals surface area contributed by atoms with Gasteiger partial charge < -0.3 is 53.6 Å². The van der Waals surface area contributed by atoms with Crippen molar-refractivity contribution in [2.24, 2.45) is 0 Å². The molecule has 256 valence electrons. The van der Waals surface area contributed by atoms with Crippen LogP contribution in [0.15, 0.2) is 91.0 Å². The highest BCUT2D eigenvalue weighted by atomic mass is 16.8. The Morgan fingerprint density at radius 3 is 1.58 bits per heavy atom. The molecular formula is C34H36O14. The Kier molecular flexibility index (Phi) is 11.9. The molecule has 0 bridgehead atoms. The molecule has 0 unspecified atom stereocenters. The molecule has 5 rings (SSSR count). The summed E-state index contributed by atoms with van der Waals surface area (Å²) in [6.45, 7) is -1.27. The molecule has 14 heteroatoms. The van der Waals surface area contributed by atoms with E-state index >= 15 is 0 Å². The lowest BCUT2D eigenvalue weighted by Gasteiger charge is -2.47. The molecule has 0 spiro atoms. The van der Waals surface area contributed by atoms with Crippen molar-refractivity contribution in [2.75, 3.05) is 20.3 Å². The van der Waals surface area contributed by atoms with Crippen molar-refractivity contribution in [3.63, 3.8) is 0 Å². The Morgan fingerprint density at radius 1 is 0.604 bits per heavy atom. The number of carbonyl (C=O) groups is 3. The number of hydrogen-bond donors (Lipinski definition) is 4. The van der Waals surface area contributed by atoms with Gasteiger partial charge in [-0.15, -0.1) is 0 Å². The maximum absolute atomic E-state index is 13.5. The highest BCUT2D eigenvalue weighted by molar-refractivity contribution is 5.90. The Bertz CT molecular complexity index is 1490. The van der Waals surface area contributed by atoms with Crippen LogP contribution in [0.2, 0.25) is 0 Å². The molecule has 3 aromatic rings. The third kappa shape index (κ3) is 8.06. The van der Waals surface area contributed by atoms with Crippen LogP contribution in [0, 0.1) is 0 Å². The second-order valence-electron chi connectivity index (χ2n) is 11.0. The van der Waals surface area contributed by atoms with Gasteiger partial charge in [-0.05, 0) is 36.4 Å². The Labute approximate surface area is 275 Å². The van der Waals surface area contributed by atoms with E-state index in [4.69, 9.17) is 33.2 Å². The minimum atomic E-state index is -1.87. The second kappa shape index (κ2) is 16.2. The molecule has 2 fully saturated rings. The summed E-state index contributed by atoms with van der Waals surface area (Å²) in [4.78, 5) is 39.7. The van der Waals surface area contributed by atoms with Gasteiger partial charge in [0.1, 0.15) is 43.2 Å². The molecule has 2 aliphatic rings. The minimum absolute atomic E-state index is 0.129. The fraction of sp³-hybridized carbons (Fsp3) is 0.382. The number of aliphatic hydroxyl groups excluding tert-OH is 4. The Balaban J connectivity index is 1.52. The predicted molar refractivity (Wildman–Crippen MR) is 162 cm³/mol. The first-order valence-corrected chi connectivity index (χ1v) is 15.1. The van der Waals surface area contributed by atoms with Crippen molar-refractivity contribution in [3.8, 4) is 0 Å². The smallest absolute Gasteiger partial charge is 0.338 e. The van der Waals surface area contributed by atoms with Gasteiger partial charge in [0.2, 0.25) is 0 Å². The largest absolute Gasteiger partial charge is 0.459 e. The van der Waals surface area contributed by atoms with Crippen LogP contribution in [0.1, 0.15) is 31.1 Å². The molecule has 3 aromatic carbocycles. The molecule has 48 heavy (non-hydrogen) atoms. The molecule has 0 saturated carbocycles. The van der Waals surface area contributed by atoms with Gasteiger partial charge in [-0.1, -0.05) is 54.6 Å². The zero-order valence-electron chi connectivity index (χ0n) is 25.7. The van der Waals surface area contributed by atoms with Gasteiger partial charge in [-0.25, -0.2) is 14.4 Å². The van der Waals surface area contributed by atoms with E-state index in [2.05, 4.69) is 0 Å². The summed E-state index contributed by atoms with van der Waals surface area (Å²) in [5.74, 6) is -2.41. The number of hydrogen-bond acceptors (Lipinski definition) is 14. The summed E-state index contributed by atoms with van der Waals surface area (Å²) in [6.07, 6.45) is -15.8. The summed E-state index contributed by atoms with van der Waals surface area (Å²) in [7, 11) is 1.26. The van der Waals surface area contributed by atoms with Gasteiger partial charge in [0.25, 0.3) is 0 Å². The molecule has 14 nitrogen and oxygen atoms in total. The summed E-state index contributed by atoms with van der Waals surface area (Å²) in [6, 6.07) is 23.9. The fourth-order valence-corrected chi connectivity index (χ4v) is 5.31. The molecule has 0 aliphatic carbocycles. The van der Waals surface area contributed by atoms with Crippen molar-refractivity contribution in [1.29, 1.82) is 0 Å². The van der Waals surface area contributed by atoms with Crippen LogP contribution in [0.5, 0.6) is 0 Å². The molecule has 0 aromatic heterocycles. The molecule has 0 amide bonds. The van der Waals surface area contributed by atoms with E-state index in [0.717, 1.165) is 0 Å². The van der Waals surface area contributed by atoms with Crippen molar-refractivity contribution >= 4 is 17.9 Å². The summed E-state index contributed by atoms with van der Waals surface area (Å²) >= 11 is 0. The highest BCUT2D eigenvalue weighted by Crippen LogP contribution is 2.33. The first-order valence-electron chi connectivity index (χ1n) is 15.1. The average Bonchev–Trinajstić information content (AvgIpc) is 3.13. The number of aliphatic hydroxyl groups is 4. The van der Waals surface area contributed by atoms with E-state index in [0.29, 0.717) is 0 Å². The molecule has 10 atom stereocenters. The lowest BCUT2D eigenvalue weighted by Crippen LogP contribution is -2.66. The monoisotopic (exact) mass is 668 g/mol. The first kappa shape index (κ1) is 35.1. The maximum Gasteiger partial charge on any atom is 0.338 e. The summed E-state index contributed by atoms with van der Waals surface area (Å²) in [5, 5.41) is 41.4. The minimum Gasteiger partial charge on any atom is -0.459 e. The van der Waals surface area contributed by atoms with Crippen LogP contribution in [0.3, 0.4) is 0 Å². The van der Waals surface area contributed by atoms with Gasteiger partial charge in [-0.3, -0.25) is 0 Å².